The van der Waals surface area contributed by atoms with Crippen molar-refractivity contribution in [3.8, 4) is 0 Å². The summed E-state index contributed by atoms with van der Waals surface area (Å²) in [5, 5.41) is 6.62. The van der Waals surface area contributed by atoms with Gasteiger partial charge < -0.3 is 15.5 Å². The van der Waals surface area contributed by atoms with E-state index in [0.717, 1.165) is 38.9 Å². The molecule has 5 nitrogen and oxygen atoms in total. The zero-order valence-corrected chi connectivity index (χ0v) is 15.3. The van der Waals surface area contributed by atoms with E-state index in [0.29, 0.717) is 18.0 Å². The number of benzene rings is 1. The van der Waals surface area contributed by atoms with Gasteiger partial charge in [0.1, 0.15) is 0 Å². The predicted molar refractivity (Wildman–Crippen MR) is 98.3 cm³/mol. The Labute approximate surface area is 150 Å². The molecular weight excluding hydrogens is 314 g/mol. The molecule has 3 rings (SSSR count). The minimum Gasteiger partial charge on any atom is -0.352 e. The highest BCUT2D eigenvalue weighted by Gasteiger charge is 2.40. The summed E-state index contributed by atoms with van der Waals surface area (Å²) >= 11 is 0. The second-order valence-electron chi connectivity index (χ2n) is 7.81. The first kappa shape index (κ1) is 17.9. The smallest absolute Gasteiger partial charge is 0.253 e. The number of carbonyl (C=O) groups excluding carboxylic acids is 2. The zero-order chi connectivity index (χ0) is 17.9. The van der Waals surface area contributed by atoms with Crippen molar-refractivity contribution in [1.82, 2.24) is 15.5 Å². The summed E-state index contributed by atoms with van der Waals surface area (Å²) in [5.41, 5.74) is 0.187. The van der Waals surface area contributed by atoms with Crippen molar-refractivity contribution >= 4 is 11.8 Å². The number of hydrogen-bond acceptors (Lipinski definition) is 3. The molecule has 0 radical (unpaired) electrons. The summed E-state index contributed by atoms with van der Waals surface area (Å²) in [6, 6.07) is 9.56. The summed E-state index contributed by atoms with van der Waals surface area (Å²) < 4.78 is 0. The lowest BCUT2D eigenvalue weighted by molar-refractivity contribution is -0.133. The Morgan fingerprint density at radius 3 is 2.76 bits per heavy atom. The van der Waals surface area contributed by atoms with Crippen molar-refractivity contribution in [2.75, 3.05) is 26.2 Å². The van der Waals surface area contributed by atoms with Crippen LogP contribution in [-0.2, 0) is 4.79 Å². The van der Waals surface area contributed by atoms with E-state index >= 15 is 0 Å². The van der Waals surface area contributed by atoms with Crippen molar-refractivity contribution in [1.29, 1.82) is 0 Å². The Kier molecular flexibility index (Phi) is 5.42. The minimum atomic E-state index is -0.507. The number of rotatable bonds is 3. The maximum absolute atomic E-state index is 13.0. The van der Waals surface area contributed by atoms with Gasteiger partial charge in [0, 0.05) is 24.7 Å². The normalized spacial score (nSPS) is 29.9. The van der Waals surface area contributed by atoms with Gasteiger partial charge in [-0.1, -0.05) is 25.1 Å². The molecule has 0 aliphatic carbocycles. The molecule has 2 N–H and O–H groups in total. The molecule has 3 atom stereocenters. The molecular formula is C20H29N3O2. The number of nitrogens with zero attached hydrogens (tertiary/aromatic N) is 1. The molecule has 0 bridgehead atoms. The lowest BCUT2D eigenvalue weighted by atomic mass is 9.80. The molecule has 1 aromatic rings. The summed E-state index contributed by atoms with van der Waals surface area (Å²) in [6.07, 6.45) is 2.66. The predicted octanol–water partition coefficient (Wildman–Crippen LogP) is 2.04. The van der Waals surface area contributed by atoms with Crippen LogP contribution in [0.5, 0.6) is 0 Å². The number of piperidine rings is 2. The molecule has 2 amide bonds. The first-order valence-corrected chi connectivity index (χ1v) is 9.36. The lowest BCUT2D eigenvalue weighted by Crippen LogP contribution is -2.56. The molecule has 2 aliphatic rings. The Morgan fingerprint density at radius 1 is 1.28 bits per heavy atom. The van der Waals surface area contributed by atoms with Crippen LogP contribution in [0.1, 0.15) is 43.5 Å². The third-order valence-electron chi connectivity index (χ3n) is 5.65. The Hall–Kier alpha value is -1.88. The van der Waals surface area contributed by atoms with Gasteiger partial charge in [0.15, 0.2) is 0 Å². The quantitative estimate of drug-likeness (QED) is 0.883. The summed E-state index contributed by atoms with van der Waals surface area (Å²) in [7, 11) is 0. The third kappa shape index (κ3) is 4.03. The summed E-state index contributed by atoms with van der Waals surface area (Å²) in [6.45, 7) is 7.28. The number of hydrogen-bond donors (Lipinski definition) is 2. The van der Waals surface area contributed by atoms with E-state index < -0.39 is 5.41 Å². The first-order valence-electron chi connectivity index (χ1n) is 9.36. The fourth-order valence-corrected chi connectivity index (χ4v) is 3.93. The van der Waals surface area contributed by atoms with E-state index in [1.165, 1.54) is 0 Å². The molecule has 5 heteroatoms. The highest BCUT2D eigenvalue weighted by Crippen LogP contribution is 2.31. The van der Waals surface area contributed by atoms with E-state index in [9.17, 15) is 9.59 Å². The van der Waals surface area contributed by atoms with Crippen LogP contribution in [0.2, 0.25) is 0 Å². The van der Waals surface area contributed by atoms with Gasteiger partial charge in [-0.3, -0.25) is 9.59 Å². The fourth-order valence-electron chi connectivity index (χ4n) is 3.93. The van der Waals surface area contributed by atoms with Gasteiger partial charge in [0.05, 0.1) is 5.41 Å². The topological polar surface area (TPSA) is 61.4 Å². The zero-order valence-electron chi connectivity index (χ0n) is 15.3. The van der Waals surface area contributed by atoms with Crippen molar-refractivity contribution in [3.05, 3.63) is 35.9 Å². The Balaban J connectivity index is 1.66. The van der Waals surface area contributed by atoms with Gasteiger partial charge in [0.25, 0.3) is 5.91 Å². The molecule has 136 valence electrons. The molecule has 2 heterocycles. The highest BCUT2D eigenvalue weighted by atomic mass is 16.2. The standard InChI is InChI=1S/C20H29N3O2/c1-15-13-21-11-9-17(15)22-19(25)20(2)10-6-12-23(14-20)18(24)16-7-4-3-5-8-16/h3-5,7-8,15,17,21H,6,9-14H2,1-2H3,(H,22,25). The second kappa shape index (κ2) is 7.56. The summed E-state index contributed by atoms with van der Waals surface area (Å²) in [4.78, 5) is 27.5. The third-order valence-corrected chi connectivity index (χ3v) is 5.65. The molecule has 2 fully saturated rings. The second-order valence-corrected chi connectivity index (χ2v) is 7.81. The monoisotopic (exact) mass is 343 g/mol. The van der Waals surface area contributed by atoms with Crippen molar-refractivity contribution in [3.63, 3.8) is 0 Å². The van der Waals surface area contributed by atoms with Gasteiger partial charge in [-0.15, -0.1) is 0 Å². The van der Waals surface area contributed by atoms with Crippen LogP contribution in [0.4, 0.5) is 0 Å². The van der Waals surface area contributed by atoms with Crippen molar-refractivity contribution in [2.45, 2.75) is 39.2 Å². The van der Waals surface area contributed by atoms with Crippen LogP contribution in [0.15, 0.2) is 30.3 Å². The molecule has 0 spiro atoms. The maximum atomic E-state index is 13.0. The molecule has 1 aromatic carbocycles. The molecule has 25 heavy (non-hydrogen) atoms. The van der Waals surface area contributed by atoms with Crippen molar-refractivity contribution < 1.29 is 9.59 Å². The van der Waals surface area contributed by atoms with Gasteiger partial charge in [-0.05, 0) is 57.3 Å². The van der Waals surface area contributed by atoms with E-state index in [1.807, 2.05) is 42.2 Å². The molecule has 0 saturated carbocycles. The number of amides is 2. The van der Waals surface area contributed by atoms with Crippen LogP contribution in [-0.4, -0.2) is 48.9 Å². The van der Waals surface area contributed by atoms with Gasteiger partial charge in [-0.2, -0.15) is 0 Å². The molecule has 2 aliphatic heterocycles. The van der Waals surface area contributed by atoms with Crippen LogP contribution in [0.25, 0.3) is 0 Å². The van der Waals surface area contributed by atoms with Gasteiger partial charge in [-0.25, -0.2) is 0 Å². The van der Waals surface area contributed by atoms with E-state index in [1.54, 1.807) is 0 Å². The number of carbonyl (C=O) groups is 2. The largest absolute Gasteiger partial charge is 0.352 e. The van der Waals surface area contributed by atoms with Gasteiger partial charge >= 0.3 is 0 Å². The minimum absolute atomic E-state index is 0.0227. The lowest BCUT2D eigenvalue weighted by Gasteiger charge is -2.41. The SMILES string of the molecule is CC1CNCCC1NC(=O)C1(C)CCCN(C(=O)c2ccccc2)C1. The Bertz CT molecular complexity index is 619. The van der Waals surface area contributed by atoms with Crippen LogP contribution in [0, 0.1) is 11.3 Å². The van der Waals surface area contributed by atoms with Crippen LogP contribution < -0.4 is 10.6 Å². The molecule has 3 unspecified atom stereocenters. The number of likely N-dealkylation sites (tertiary alicyclic amines) is 1. The molecule has 2 saturated heterocycles. The maximum Gasteiger partial charge on any atom is 0.253 e. The fraction of sp³-hybridized carbons (Fsp3) is 0.600. The first-order chi connectivity index (χ1) is 12.0. The highest BCUT2D eigenvalue weighted by molar-refractivity contribution is 5.95. The van der Waals surface area contributed by atoms with Crippen LogP contribution >= 0.6 is 0 Å². The van der Waals surface area contributed by atoms with E-state index in [2.05, 4.69) is 17.6 Å². The molecule has 0 aromatic heterocycles. The Morgan fingerprint density at radius 2 is 2.04 bits per heavy atom. The van der Waals surface area contributed by atoms with Crippen LogP contribution in [0.3, 0.4) is 0 Å². The number of nitrogens with one attached hydrogen (secondary N) is 2. The summed E-state index contributed by atoms with van der Waals surface area (Å²) in [5.74, 6) is 0.554. The van der Waals surface area contributed by atoms with Crippen molar-refractivity contribution in [2.24, 2.45) is 11.3 Å². The van der Waals surface area contributed by atoms with Gasteiger partial charge in [0.2, 0.25) is 5.91 Å². The van der Waals surface area contributed by atoms with E-state index in [-0.39, 0.29) is 17.9 Å². The average Bonchev–Trinajstić information content (AvgIpc) is 2.63. The van der Waals surface area contributed by atoms with E-state index in [4.69, 9.17) is 0 Å². The average molecular weight is 343 g/mol.